The lowest BCUT2D eigenvalue weighted by molar-refractivity contribution is 0.111. The molecule has 2 rings (SSSR count). The van der Waals surface area contributed by atoms with Crippen molar-refractivity contribution in [1.82, 2.24) is 4.98 Å². The molecular formula is C13H11NO3. The molecule has 0 N–H and O–H groups in total. The van der Waals surface area contributed by atoms with Crippen LogP contribution in [0.5, 0.6) is 17.2 Å². The van der Waals surface area contributed by atoms with E-state index in [1.165, 1.54) is 0 Å². The van der Waals surface area contributed by atoms with E-state index in [0.717, 1.165) is 0 Å². The molecule has 2 aromatic rings. The van der Waals surface area contributed by atoms with Gasteiger partial charge in [-0.1, -0.05) is 12.1 Å². The minimum Gasteiger partial charge on any atom is -0.493 e. The Labute approximate surface area is 98.8 Å². The Morgan fingerprint density at radius 2 is 1.76 bits per heavy atom. The number of nitrogens with zero attached hydrogens (tertiary/aromatic N) is 1. The molecule has 0 atom stereocenters. The monoisotopic (exact) mass is 229 g/mol. The summed E-state index contributed by atoms with van der Waals surface area (Å²) in [5.74, 6) is 1.56. The zero-order valence-electron chi connectivity index (χ0n) is 9.29. The van der Waals surface area contributed by atoms with Crippen LogP contribution < -0.4 is 9.47 Å². The molecule has 4 nitrogen and oxygen atoms in total. The zero-order chi connectivity index (χ0) is 12.1. The van der Waals surface area contributed by atoms with E-state index < -0.39 is 0 Å². The second kappa shape index (κ2) is 5.12. The first-order chi connectivity index (χ1) is 8.35. The number of carbonyl (C=O) groups excluding carboxylic acids is 1. The largest absolute Gasteiger partial charge is 0.493 e. The maximum atomic E-state index is 10.8. The average Bonchev–Trinajstić information content (AvgIpc) is 2.40. The number of aldehydes is 1. The number of benzene rings is 1. The van der Waals surface area contributed by atoms with Crippen LogP contribution in [-0.2, 0) is 0 Å². The third-order valence-corrected chi connectivity index (χ3v) is 2.20. The average molecular weight is 229 g/mol. The molecule has 0 radical (unpaired) electrons. The molecule has 86 valence electrons. The summed E-state index contributed by atoms with van der Waals surface area (Å²) in [5, 5.41) is 0. The number of pyridine rings is 1. The number of hydrogen-bond donors (Lipinski definition) is 0. The van der Waals surface area contributed by atoms with Gasteiger partial charge >= 0.3 is 0 Å². The van der Waals surface area contributed by atoms with E-state index in [1.807, 2.05) is 12.1 Å². The zero-order valence-corrected chi connectivity index (χ0v) is 9.29. The summed E-state index contributed by atoms with van der Waals surface area (Å²) < 4.78 is 10.8. The van der Waals surface area contributed by atoms with Gasteiger partial charge in [0.15, 0.2) is 23.5 Å². The summed E-state index contributed by atoms with van der Waals surface area (Å²) >= 11 is 0. The van der Waals surface area contributed by atoms with Gasteiger partial charge in [-0.15, -0.1) is 0 Å². The highest BCUT2D eigenvalue weighted by Crippen LogP contribution is 2.31. The Bertz CT molecular complexity index is 526. The molecule has 0 aliphatic rings. The number of para-hydroxylation sites is 2. The molecule has 0 fully saturated rings. The van der Waals surface area contributed by atoms with Crippen LogP contribution >= 0.6 is 0 Å². The fourth-order valence-corrected chi connectivity index (χ4v) is 1.40. The Morgan fingerprint density at radius 1 is 1.06 bits per heavy atom. The van der Waals surface area contributed by atoms with Gasteiger partial charge in [0.1, 0.15) is 5.69 Å². The molecule has 0 aliphatic carbocycles. The number of ether oxygens (including phenoxy) is 2. The van der Waals surface area contributed by atoms with E-state index in [-0.39, 0.29) is 5.69 Å². The molecule has 0 aliphatic heterocycles. The highest BCUT2D eigenvalue weighted by atomic mass is 16.5. The van der Waals surface area contributed by atoms with E-state index in [1.54, 1.807) is 37.6 Å². The fraction of sp³-hybridized carbons (Fsp3) is 0.0769. The predicted octanol–water partition coefficient (Wildman–Crippen LogP) is 2.70. The highest BCUT2D eigenvalue weighted by molar-refractivity contribution is 5.76. The molecular weight excluding hydrogens is 218 g/mol. The van der Waals surface area contributed by atoms with Crippen molar-refractivity contribution < 1.29 is 14.3 Å². The van der Waals surface area contributed by atoms with Crippen LogP contribution in [0.15, 0.2) is 42.6 Å². The van der Waals surface area contributed by atoms with Crippen molar-refractivity contribution in [3.63, 3.8) is 0 Å². The van der Waals surface area contributed by atoms with Crippen LogP contribution in [0.1, 0.15) is 10.5 Å². The van der Waals surface area contributed by atoms with Gasteiger partial charge in [-0.05, 0) is 24.3 Å². The standard InChI is InChI=1S/C13H11NO3/c1-16-12-5-2-3-6-13(12)17-11-7-4-8-14-10(11)9-15/h2-9H,1H3. The maximum absolute atomic E-state index is 10.8. The van der Waals surface area contributed by atoms with E-state index in [9.17, 15) is 4.79 Å². The first-order valence-electron chi connectivity index (χ1n) is 5.06. The second-order valence-electron chi connectivity index (χ2n) is 3.26. The number of carbonyl (C=O) groups is 1. The highest BCUT2D eigenvalue weighted by Gasteiger charge is 2.08. The van der Waals surface area contributed by atoms with Crippen molar-refractivity contribution in [2.24, 2.45) is 0 Å². The summed E-state index contributed by atoms with van der Waals surface area (Å²) in [6.45, 7) is 0. The molecule has 0 saturated carbocycles. The molecule has 0 bridgehead atoms. The number of methoxy groups -OCH3 is 1. The Morgan fingerprint density at radius 3 is 2.47 bits per heavy atom. The number of aromatic nitrogens is 1. The topological polar surface area (TPSA) is 48.4 Å². The van der Waals surface area contributed by atoms with Crippen molar-refractivity contribution in [3.05, 3.63) is 48.3 Å². The smallest absolute Gasteiger partial charge is 0.172 e. The van der Waals surface area contributed by atoms with Gasteiger partial charge in [0.05, 0.1) is 7.11 Å². The van der Waals surface area contributed by atoms with Gasteiger partial charge in [0.2, 0.25) is 0 Å². The third kappa shape index (κ3) is 2.42. The third-order valence-electron chi connectivity index (χ3n) is 2.20. The SMILES string of the molecule is COc1ccccc1Oc1cccnc1C=O. The van der Waals surface area contributed by atoms with Crippen molar-refractivity contribution in [3.8, 4) is 17.2 Å². The summed E-state index contributed by atoms with van der Waals surface area (Å²) in [5.41, 5.74) is 0.262. The van der Waals surface area contributed by atoms with Crippen LogP contribution in [0.3, 0.4) is 0 Å². The number of rotatable bonds is 4. The maximum Gasteiger partial charge on any atom is 0.172 e. The Kier molecular flexibility index (Phi) is 3.35. The van der Waals surface area contributed by atoms with E-state index in [0.29, 0.717) is 23.5 Å². The molecule has 0 saturated heterocycles. The van der Waals surface area contributed by atoms with Gasteiger partial charge < -0.3 is 9.47 Å². The predicted molar refractivity (Wildman–Crippen MR) is 62.7 cm³/mol. The van der Waals surface area contributed by atoms with Crippen molar-refractivity contribution in [2.45, 2.75) is 0 Å². The lowest BCUT2D eigenvalue weighted by Gasteiger charge is -2.10. The van der Waals surface area contributed by atoms with E-state index in [2.05, 4.69) is 4.98 Å². The van der Waals surface area contributed by atoms with E-state index >= 15 is 0 Å². The van der Waals surface area contributed by atoms with Crippen LogP contribution in [0.25, 0.3) is 0 Å². The molecule has 4 heteroatoms. The quantitative estimate of drug-likeness (QED) is 0.756. The van der Waals surface area contributed by atoms with Gasteiger partial charge in [0, 0.05) is 6.20 Å². The van der Waals surface area contributed by atoms with Crippen molar-refractivity contribution >= 4 is 6.29 Å². The van der Waals surface area contributed by atoms with Gasteiger partial charge in [-0.25, -0.2) is 4.98 Å². The molecule has 0 spiro atoms. The summed E-state index contributed by atoms with van der Waals surface area (Å²) in [6.07, 6.45) is 2.20. The lowest BCUT2D eigenvalue weighted by atomic mass is 10.3. The molecule has 0 amide bonds. The summed E-state index contributed by atoms with van der Waals surface area (Å²) in [7, 11) is 1.56. The van der Waals surface area contributed by atoms with Crippen LogP contribution in [0, 0.1) is 0 Å². The molecule has 0 unspecified atom stereocenters. The molecule has 1 heterocycles. The molecule has 1 aromatic carbocycles. The Balaban J connectivity index is 2.34. The molecule has 1 aromatic heterocycles. The number of hydrogen-bond acceptors (Lipinski definition) is 4. The van der Waals surface area contributed by atoms with Crippen LogP contribution in [0.2, 0.25) is 0 Å². The lowest BCUT2D eigenvalue weighted by Crippen LogP contribution is -1.94. The first-order valence-corrected chi connectivity index (χ1v) is 5.06. The van der Waals surface area contributed by atoms with Gasteiger partial charge in [0.25, 0.3) is 0 Å². The Hall–Kier alpha value is -2.36. The molecule has 17 heavy (non-hydrogen) atoms. The van der Waals surface area contributed by atoms with Crippen molar-refractivity contribution in [1.29, 1.82) is 0 Å². The fourth-order valence-electron chi connectivity index (χ4n) is 1.40. The van der Waals surface area contributed by atoms with E-state index in [4.69, 9.17) is 9.47 Å². The summed E-state index contributed by atoms with van der Waals surface area (Å²) in [4.78, 5) is 14.7. The minimum atomic E-state index is 0.262. The second-order valence-corrected chi connectivity index (χ2v) is 3.26. The van der Waals surface area contributed by atoms with Gasteiger partial charge in [-0.3, -0.25) is 4.79 Å². The van der Waals surface area contributed by atoms with Crippen LogP contribution in [-0.4, -0.2) is 18.4 Å². The minimum absolute atomic E-state index is 0.262. The van der Waals surface area contributed by atoms with Gasteiger partial charge in [-0.2, -0.15) is 0 Å². The van der Waals surface area contributed by atoms with Crippen molar-refractivity contribution in [2.75, 3.05) is 7.11 Å². The summed E-state index contributed by atoms with van der Waals surface area (Å²) in [6, 6.07) is 10.6. The van der Waals surface area contributed by atoms with Crippen LogP contribution in [0.4, 0.5) is 0 Å². The first kappa shape index (κ1) is 11.1. The normalized spacial score (nSPS) is 9.71.